The monoisotopic (exact) mass is 320 g/mol. The highest BCUT2D eigenvalue weighted by Crippen LogP contribution is 2.40. The number of nitrogens with one attached hydrogen (secondary N) is 1. The second-order valence-corrected chi connectivity index (χ2v) is 6.05. The van der Waals surface area contributed by atoms with E-state index in [0.29, 0.717) is 10.9 Å². The van der Waals surface area contributed by atoms with E-state index >= 15 is 0 Å². The predicted molar refractivity (Wildman–Crippen MR) is 85.5 cm³/mol. The van der Waals surface area contributed by atoms with Crippen molar-refractivity contribution in [3.63, 3.8) is 0 Å². The fraction of sp³-hybridized carbons (Fsp3) is 0.143. The average Bonchev–Trinajstić information content (AvgIpc) is 3.15. The summed E-state index contributed by atoms with van der Waals surface area (Å²) in [4.78, 5) is 16.9. The molecular weight excluding hydrogens is 308 g/mol. The van der Waals surface area contributed by atoms with Gasteiger partial charge in [0.25, 0.3) is 0 Å². The van der Waals surface area contributed by atoms with Crippen LogP contribution in [-0.2, 0) is 4.74 Å². The molecule has 1 amide bonds. The van der Waals surface area contributed by atoms with Crippen LogP contribution in [0, 0.1) is 0 Å². The van der Waals surface area contributed by atoms with E-state index in [0.717, 1.165) is 20.7 Å². The SMILES string of the molecule is COC(=O)Nc1nc2c(OC)ccc(-c3cccs3)c2s1. The van der Waals surface area contributed by atoms with Crippen molar-refractivity contribution in [3.05, 3.63) is 29.6 Å². The first-order valence-corrected chi connectivity index (χ1v) is 7.79. The van der Waals surface area contributed by atoms with Crippen molar-refractivity contribution in [1.82, 2.24) is 4.98 Å². The summed E-state index contributed by atoms with van der Waals surface area (Å²) < 4.78 is 10.9. The highest BCUT2D eigenvalue weighted by atomic mass is 32.1. The molecule has 1 aromatic carbocycles. The van der Waals surface area contributed by atoms with Crippen LogP contribution in [0.1, 0.15) is 0 Å². The first kappa shape index (κ1) is 13.8. The van der Waals surface area contributed by atoms with Gasteiger partial charge >= 0.3 is 6.09 Å². The molecule has 21 heavy (non-hydrogen) atoms. The first-order valence-electron chi connectivity index (χ1n) is 6.09. The van der Waals surface area contributed by atoms with E-state index < -0.39 is 6.09 Å². The number of rotatable bonds is 3. The Balaban J connectivity index is 2.15. The van der Waals surface area contributed by atoms with Crippen molar-refractivity contribution in [2.75, 3.05) is 19.5 Å². The van der Waals surface area contributed by atoms with Gasteiger partial charge in [0.15, 0.2) is 5.13 Å². The Labute approximate surface area is 129 Å². The van der Waals surface area contributed by atoms with Crippen LogP contribution in [0.25, 0.3) is 20.7 Å². The summed E-state index contributed by atoms with van der Waals surface area (Å²) in [6.07, 6.45) is -0.536. The summed E-state index contributed by atoms with van der Waals surface area (Å²) in [5.74, 6) is 0.680. The number of nitrogens with zero attached hydrogens (tertiary/aromatic N) is 1. The number of carbonyl (C=O) groups is 1. The summed E-state index contributed by atoms with van der Waals surface area (Å²) in [6, 6.07) is 7.95. The zero-order valence-corrected chi connectivity index (χ0v) is 13.0. The third-order valence-corrected chi connectivity index (χ3v) is 4.81. The summed E-state index contributed by atoms with van der Waals surface area (Å²) in [5, 5.41) is 5.11. The van der Waals surface area contributed by atoms with E-state index in [4.69, 9.17) is 4.74 Å². The van der Waals surface area contributed by atoms with Gasteiger partial charge in [0.2, 0.25) is 0 Å². The largest absolute Gasteiger partial charge is 0.494 e. The summed E-state index contributed by atoms with van der Waals surface area (Å²) in [7, 11) is 2.92. The number of thiazole rings is 1. The molecule has 0 saturated carbocycles. The van der Waals surface area contributed by atoms with Crippen molar-refractivity contribution in [2.45, 2.75) is 0 Å². The van der Waals surface area contributed by atoms with Crippen LogP contribution in [-0.4, -0.2) is 25.3 Å². The number of anilines is 1. The first-order chi connectivity index (χ1) is 10.2. The van der Waals surface area contributed by atoms with Crippen LogP contribution in [0.2, 0.25) is 0 Å². The molecule has 0 radical (unpaired) electrons. The van der Waals surface area contributed by atoms with Crippen LogP contribution in [0.5, 0.6) is 5.75 Å². The standard InChI is InChI=1S/C14H12N2O3S2/c1-18-9-6-5-8(10-4-3-7-20-10)12-11(9)15-13(21-12)16-14(17)19-2/h3-7H,1-2H3,(H,15,16,17). The van der Waals surface area contributed by atoms with E-state index in [1.165, 1.54) is 18.4 Å². The Kier molecular flexibility index (Phi) is 3.76. The molecule has 7 heteroatoms. The Hall–Kier alpha value is -2.12. The lowest BCUT2D eigenvalue weighted by Crippen LogP contribution is -2.10. The molecule has 3 rings (SSSR count). The van der Waals surface area contributed by atoms with Gasteiger partial charge in [0, 0.05) is 10.4 Å². The number of aromatic nitrogens is 1. The van der Waals surface area contributed by atoms with Crippen LogP contribution in [0.3, 0.4) is 0 Å². The lowest BCUT2D eigenvalue weighted by atomic mass is 10.1. The number of methoxy groups -OCH3 is 2. The Morgan fingerprint density at radius 1 is 1.29 bits per heavy atom. The Morgan fingerprint density at radius 3 is 2.81 bits per heavy atom. The number of hydrogen-bond acceptors (Lipinski definition) is 6. The summed E-state index contributed by atoms with van der Waals surface area (Å²) in [6.45, 7) is 0. The predicted octanol–water partition coefficient (Wildman–Crippen LogP) is 4.21. The highest BCUT2D eigenvalue weighted by molar-refractivity contribution is 7.23. The van der Waals surface area contributed by atoms with Gasteiger partial charge in [-0.3, -0.25) is 5.32 Å². The number of thiophene rings is 1. The number of amides is 1. The molecular formula is C14H12N2O3S2. The molecule has 0 aliphatic heterocycles. The van der Waals surface area contributed by atoms with E-state index in [-0.39, 0.29) is 0 Å². The Morgan fingerprint density at radius 2 is 2.14 bits per heavy atom. The van der Waals surface area contributed by atoms with Gasteiger partial charge in [0.1, 0.15) is 11.3 Å². The van der Waals surface area contributed by atoms with E-state index in [2.05, 4.69) is 21.1 Å². The van der Waals surface area contributed by atoms with Crippen LogP contribution < -0.4 is 10.1 Å². The Bertz CT molecular complexity index is 781. The van der Waals surface area contributed by atoms with Gasteiger partial charge in [-0.15, -0.1) is 11.3 Å². The fourth-order valence-electron chi connectivity index (χ4n) is 1.97. The summed E-state index contributed by atoms with van der Waals surface area (Å²) >= 11 is 3.06. The average molecular weight is 320 g/mol. The van der Waals surface area contributed by atoms with Gasteiger partial charge in [-0.2, -0.15) is 0 Å². The molecule has 0 bridgehead atoms. The normalized spacial score (nSPS) is 10.6. The van der Waals surface area contributed by atoms with Gasteiger partial charge < -0.3 is 9.47 Å². The number of benzene rings is 1. The molecule has 0 fully saturated rings. The van der Waals surface area contributed by atoms with Gasteiger partial charge in [-0.1, -0.05) is 17.4 Å². The highest BCUT2D eigenvalue weighted by Gasteiger charge is 2.16. The zero-order chi connectivity index (χ0) is 14.8. The van der Waals surface area contributed by atoms with Crippen LogP contribution in [0.15, 0.2) is 29.6 Å². The number of ether oxygens (including phenoxy) is 2. The number of hydrogen-bond donors (Lipinski definition) is 1. The van der Waals surface area contributed by atoms with Crippen LogP contribution in [0.4, 0.5) is 9.93 Å². The molecule has 0 spiro atoms. The molecule has 0 unspecified atom stereocenters. The molecule has 0 saturated heterocycles. The minimum absolute atomic E-state index is 0.485. The van der Waals surface area contributed by atoms with Crippen molar-refractivity contribution >= 4 is 44.1 Å². The second kappa shape index (κ2) is 5.71. The topological polar surface area (TPSA) is 60.5 Å². The third-order valence-electron chi connectivity index (χ3n) is 2.91. The molecule has 2 heterocycles. The second-order valence-electron chi connectivity index (χ2n) is 4.11. The molecule has 5 nitrogen and oxygen atoms in total. The van der Waals surface area contributed by atoms with Crippen molar-refractivity contribution in [2.24, 2.45) is 0 Å². The number of carbonyl (C=O) groups excluding carboxylic acids is 1. The zero-order valence-electron chi connectivity index (χ0n) is 11.4. The van der Waals surface area contributed by atoms with Crippen molar-refractivity contribution in [1.29, 1.82) is 0 Å². The van der Waals surface area contributed by atoms with Gasteiger partial charge in [-0.05, 0) is 23.6 Å². The quantitative estimate of drug-likeness (QED) is 0.785. The van der Waals surface area contributed by atoms with Gasteiger partial charge in [-0.25, -0.2) is 9.78 Å². The smallest absolute Gasteiger partial charge is 0.413 e. The van der Waals surface area contributed by atoms with E-state index in [1.807, 2.05) is 23.6 Å². The molecule has 0 aliphatic rings. The maximum atomic E-state index is 11.3. The molecule has 108 valence electrons. The molecule has 3 aromatic rings. The number of fused-ring (bicyclic) bond motifs is 1. The minimum Gasteiger partial charge on any atom is -0.494 e. The third kappa shape index (κ3) is 2.57. The maximum Gasteiger partial charge on any atom is 0.413 e. The molecule has 0 atom stereocenters. The van der Waals surface area contributed by atoms with Crippen molar-refractivity contribution < 1.29 is 14.3 Å². The molecule has 0 aliphatic carbocycles. The lowest BCUT2D eigenvalue weighted by Gasteiger charge is -2.03. The maximum absolute atomic E-state index is 11.3. The van der Waals surface area contributed by atoms with Gasteiger partial charge in [0.05, 0.1) is 18.9 Å². The molecule has 1 N–H and O–H groups in total. The lowest BCUT2D eigenvalue weighted by molar-refractivity contribution is 0.187. The fourth-order valence-corrected chi connectivity index (χ4v) is 3.78. The molecule has 2 aromatic heterocycles. The summed E-state index contributed by atoms with van der Waals surface area (Å²) in [5.41, 5.74) is 1.82. The van der Waals surface area contributed by atoms with Crippen molar-refractivity contribution in [3.8, 4) is 16.2 Å². The minimum atomic E-state index is -0.536. The van der Waals surface area contributed by atoms with E-state index in [1.54, 1.807) is 18.4 Å². The van der Waals surface area contributed by atoms with E-state index in [9.17, 15) is 4.79 Å². The van der Waals surface area contributed by atoms with Crippen LogP contribution >= 0.6 is 22.7 Å².